The quantitative estimate of drug-likeness (QED) is 0.749. The Kier molecular flexibility index (Phi) is 4.57. The van der Waals surface area contributed by atoms with Crippen LogP contribution < -0.4 is 17.0 Å². The monoisotopic (exact) mass is 302 g/mol. The Morgan fingerprint density at radius 3 is 2.41 bits per heavy atom. The third-order valence-corrected chi connectivity index (χ3v) is 3.32. The van der Waals surface area contributed by atoms with E-state index in [-0.39, 0.29) is 5.56 Å². The van der Waals surface area contributed by atoms with Crippen molar-refractivity contribution in [2.24, 2.45) is 24.8 Å². The van der Waals surface area contributed by atoms with Crippen LogP contribution in [0.3, 0.4) is 0 Å². The van der Waals surface area contributed by atoms with E-state index in [1.54, 1.807) is 24.3 Å². The molecule has 0 spiro atoms. The zero-order valence-corrected chi connectivity index (χ0v) is 12.5. The van der Waals surface area contributed by atoms with Crippen LogP contribution in [0.1, 0.15) is 11.1 Å². The molecule has 1 aromatic carbocycles. The molecular weight excluding hydrogens is 284 g/mol. The summed E-state index contributed by atoms with van der Waals surface area (Å²) in [5.41, 5.74) is 5.27. The minimum atomic E-state index is -0.600. The normalized spacial score (nSPS) is 11.7. The van der Waals surface area contributed by atoms with Gasteiger partial charge in [-0.25, -0.2) is 4.79 Å². The number of nitrogens with zero attached hydrogens (tertiary/aromatic N) is 3. The van der Waals surface area contributed by atoms with Gasteiger partial charge in [-0.2, -0.15) is 0 Å². The fourth-order valence-electron chi connectivity index (χ4n) is 2.13. The highest BCUT2D eigenvalue weighted by atomic mass is 16.3. The molecule has 1 aromatic heterocycles. The maximum atomic E-state index is 12.4. The van der Waals surface area contributed by atoms with E-state index in [0.717, 1.165) is 9.13 Å². The molecule has 2 aromatic rings. The fraction of sp³-hybridized carbons (Fsp3) is 0.267. The molecule has 0 unspecified atom stereocenters. The van der Waals surface area contributed by atoms with Gasteiger partial charge in [0.1, 0.15) is 5.56 Å². The van der Waals surface area contributed by atoms with Gasteiger partial charge < -0.3 is 10.8 Å². The van der Waals surface area contributed by atoms with Gasteiger partial charge in [0, 0.05) is 26.2 Å². The number of aromatic hydroxyl groups is 1. The number of benzene rings is 1. The zero-order valence-electron chi connectivity index (χ0n) is 12.5. The summed E-state index contributed by atoms with van der Waals surface area (Å²) in [6.07, 6.45) is 0. The van der Waals surface area contributed by atoms with Crippen molar-refractivity contribution in [2.75, 3.05) is 13.1 Å². The second-order valence-corrected chi connectivity index (χ2v) is 4.79. The van der Waals surface area contributed by atoms with Crippen LogP contribution in [0, 0.1) is 0 Å². The lowest BCUT2D eigenvalue weighted by atomic mass is 10.0. The van der Waals surface area contributed by atoms with Crippen molar-refractivity contribution >= 4 is 5.71 Å². The molecule has 2 rings (SSSR count). The van der Waals surface area contributed by atoms with Crippen molar-refractivity contribution in [1.82, 2.24) is 9.13 Å². The van der Waals surface area contributed by atoms with Crippen molar-refractivity contribution in [3.63, 3.8) is 0 Å². The molecular formula is C15H18N4O3. The van der Waals surface area contributed by atoms with Crippen molar-refractivity contribution in [3.8, 4) is 5.88 Å². The molecule has 0 saturated carbocycles. The van der Waals surface area contributed by atoms with E-state index in [1.807, 2.05) is 6.07 Å². The molecule has 0 fully saturated rings. The van der Waals surface area contributed by atoms with Gasteiger partial charge in [-0.05, 0) is 0 Å². The highest BCUT2D eigenvalue weighted by Crippen LogP contribution is 2.15. The molecule has 116 valence electrons. The standard InChI is InChI=1S/C15H18N4O3/c1-18-13(20)11(14(21)19(2)15(18)22)12(17-9-8-16)10-6-4-3-5-7-10/h3-7,20H,8-9,16H2,1-2H3. The van der Waals surface area contributed by atoms with Crippen LogP contribution in [-0.2, 0) is 14.1 Å². The van der Waals surface area contributed by atoms with E-state index in [0.29, 0.717) is 24.4 Å². The lowest BCUT2D eigenvalue weighted by molar-refractivity contribution is 0.410. The van der Waals surface area contributed by atoms with Crippen molar-refractivity contribution in [2.45, 2.75) is 0 Å². The minimum Gasteiger partial charge on any atom is -0.494 e. The molecule has 0 bridgehead atoms. The number of hydrogen-bond acceptors (Lipinski definition) is 5. The summed E-state index contributed by atoms with van der Waals surface area (Å²) < 4.78 is 1.95. The van der Waals surface area contributed by atoms with Gasteiger partial charge >= 0.3 is 5.69 Å². The van der Waals surface area contributed by atoms with Crippen LogP contribution in [0.4, 0.5) is 0 Å². The Morgan fingerprint density at radius 1 is 1.18 bits per heavy atom. The van der Waals surface area contributed by atoms with Crippen molar-refractivity contribution in [1.29, 1.82) is 0 Å². The highest BCUT2D eigenvalue weighted by molar-refractivity contribution is 6.13. The van der Waals surface area contributed by atoms with E-state index >= 15 is 0 Å². The Hall–Kier alpha value is -2.67. The van der Waals surface area contributed by atoms with Gasteiger partial charge in [-0.15, -0.1) is 0 Å². The smallest absolute Gasteiger partial charge is 0.333 e. The number of hydrogen-bond donors (Lipinski definition) is 2. The number of rotatable bonds is 4. The molecule has 0 aliphatic heterocycles. The summed E-state index contributed by atoms with van der Waals surface area (Å²) in [6.45, 7) is 0.610. The van der Waals surface area contributed by atoms with Gasteiger partial charge in [0.05, 0.1) is 12.3 Å². The molecule has 7 heteroatoms. The van der Waals surface area contributed by atoms with E-state index in [4.69, 9.17) is 5.73 Å². The van der Waals surface area contributed by atoms with Crippen LogP contribution in [-0.4, -0.2) is 33.0 Å². The third-order valence-electron chi connectivity index (χ3n) is 3.32. The predicted octanol–water partition coefficient (Wildman–Crippen LogP) is -0.414. The average Bonchev–Trinajstić information content (AvgIpc) is 2.55. The predicted molar refractivity (Wildman–Crippen MR) is 84.6 cm³/mol. The van der Waals surface area contributed by atoms with Gasteiger partial charge in [0.15, 0.2) is 0 Å². The second kappa shape index (κ2) is 6.40. The topological polar surface area (TPSA) is 103 Å². The molecule has 3 N–H and O–H groups in total. The first-order valence-electron chi connectivity index (χ1n) is 6.78. The van der Waals surface area contributed by atoms with Gasteiger partial charge in [0.2, 0.25) is 5.88 Å². The molecule has 22 heavy (non-hydrogen) atoms. The van der Waals surface area contributed by atoms with Crippen LogP contribution in [0.2, 0.25) is 0 Å². The molecule has 1 heterocycles. The third kappa shape index (κ3) is 2.71. The maximum Gasteiger partial charge on any atom is 0.333 e. The Bertz CT molecular complexity index is 819. The Balaban J connectivity index is 2.80. The first kappa shape index (κ1) is 15.7. The van der Waals surface area contributed by atoms with Gasteiger partial charge in [-0.3, -0.25) is 18.9 Å². The van der Waals surface area contributed by atoms with E-state index in [9.17, 15) is 14.7 Å². The zero-order chi connectivity index (χ0) is 16.3. The number of aromatic nitrogens is 2. The highest BCUT2D eigenvalue weighted by Gasteiger charge is 2.20. The van der Waals surface area contributed by atoms with Gasteiger partial charge in [-0.1, -0.05) is 30.3 Å². The molecule has 0 radical (unpaired) electrons. The molecule has 0 atom stereocenters. The van der Waals surface area contributed by atoms with E-state index < -0.39 is 17.1 Å². The SMILES string of the molecule is Cn1c(O)c(C(=NCCN)c2ccccc2)c(=O)n(C)c1=O. The summed E-state index contributed by atoms with van der Waals surface area (Å²) >= 11 is 0. The lowest BCUT2D eigenvalue weighted by Crippen LogP contribution is -2.40. The number of nitrogens with two attached hydrogens (primary N) is 1. The molecule has 0 aliphatic rings. The van der Waals surface area contributed by atoms with Crippen molar-refractivity contribution < 1.29 is 5.11 Å². The summed E-state index contributed by atoms with van der Waals surface area (Å²) in [7, 11) is 2.76. The van der Waals surface area contributed by atoms with Crippen LogP contribution >= 0.6 is 0 Å². The van der Waals surface area contributed by atoms with E-state index in [1.165, 1.54) is 14.1 Å². The Morgan fingerprint density at radius 2 is 1.82 bits per heavy atom. The molecule has 0 aliphatic carbocycles. The van der Waals surface area contributed by atoms with Crippen LogP contribution in [0.5, 0.6) is 5.88 Å². The summed E-state index contributed by atoms with van der Waals surface area (Å²) in [6, 6.07) is 9.00. The summed E-state index contributed by atoms with van der Waals surface area (Å²) in [5, 5.41) is 10.3. The average molecular weight is 302 g/mol. The van der Waals surface area contributed by atoms with Crippen molar-refractivity contribution in [3.05, 3.63) is 62.3 Å². The number of aliphatic imine (C=N–C) groups is 1. The maximum absolute atomic E-state index is 12.4. The second-order valence-electron chi connectivity index (χ2n) is 4.79. The molecule has 0 amide bonds. The lowest BCUT2D eigenvalue weighted by Gasteiger charge is -2.12. The fourth-order valence-corrected chi connectivity index (χ4v) is 2.13. The molecule has 7 nitrogen and oxygen atoms in total. The van der Waals surface area contributed by atoms with E-state index in [2.05, 4.69) is 4.99 Å². The summed E-state index contributed by atoms with van der Waals surface area (Å²) in [4.78, 5) is 28.6. The minimum absolute atomic E-state index is 0.00995. The first-order chi connectivity index (χ1) is 10.5. The van der Waals surface area contributed by atoms with Gasteiger partial charge in [0.25, 0.3) is 5.56 Å². The first-order valence-corrected chi connectivity index (χ1v) is 6.78. The molecule has 0 saturated heterocycles. The van der Waals surface area contributed by atoms with Crippen LogP contribution in [0.15, 0.2) is 44.9 Å². The Labute approximate surface area is 127 Å². The largest absolute Gasteiger partial charge is 0.494 e. The van der Waals surface area contributed by atoms with Crippen LogP contribution in [0.25, 0.3) is 0 Å². The summed E-state index contributed by atoms with van der Waals surface area (Å²) in [5.74, 6) is -0.410.